The van der Waals surface area contributed by atoms with Gasteiger partial charge in [0.2, 0.25) is 5.91 Å². The zero-order valence-corrected chi connectivity index (χ0v) is 13.0. The van der Waals surface area contributed by atoms with Crippen molar-refractivity contribution < 1.29 is 13.9 Å². The maximum Gasteiger partial charge on any atom is 0.239 e. The second kappa shape index (κ2) is 6.82. The first-order chi connectivity index (χ1) is 10.0. The van der Waals surface area contributed by atoms with E-state index in [1.165, 1.54) is 17.4 Å². The summed E-state index contributed by atoms with van der Waals surface area (Å²) < 4.78 is 19.4. The number of carbonyl (C=O) groups is 1. The van der Waals surface area contributed by atoms with Gasteiger partial charge in [-0.15, -0.1) is 0 Å². The number of anilines is 1. The summed E-state index contributed by atoms with van der Waals surface area (Å²) in [5.41, 5.74) is 0.345. The lowest BCUT2D eigenvalue weighted by Gasteiger charge is -2.17. The Morgan fingerprint density at radius 2 is 2.33 bits per heavy atom. The minimum Gasteiger partial charge on any atom is -0.383 e. The molecule has 0 fully saturated rings. The summed E-state index contributed by atoms with van der Waals surface area (Å²) in [6, 6.07) is 4.79. The fourth-order valence-electron chi connectivity index (χ4n) is 1.96. The molecular weight excluding hydrogens is 293 g/mol. The standard InChI is InChI=1S/C14H18FN3O2S/c1-9(8-20-3)16-12(19)7-18(2)14-17-13-10(15)5-4-6-11(13)21-14/h4-6,9H,7-8H2,1-3H3,(H,16,19)/t9-/m0/s1. The highest BCUT2D eigenvalue weighted by Crippen LogP contribution is 2.29. The van der Waals surface area contributed by atoms with Gasteiger partial charge < -0.3 is 15.0 Å². The number of likely N-dealkylation sites (N-methyl/N-ethyl adjacent to an activating group) is 1. The molecule has 0 saturated carbocycles. The lowest BCUT2D eigenvalue weighted by molar-refractivity contribution is -0.120. The molecule has 5 nitrogen and oxygen atoms in total. The van der Waals surface area contributed by atoms with Gasteiger partial charge in [0.05, 0.1) is 17.9 Å². The molecule has 0 aliphatic rings. The van der Waals surface area contributed by atoms with Crippen LogP contribution in [0.2, 0.25) is 0 Å². The molecule has 0 saturated heterocycles. The predicted octanol–water partition coefficient (Wildman–Crippen LogP) is 2.02. The zero-order valence-electron chi connectivity index (χ0n) is 12.2. The largest absolute Gasteiger partial charge is 0.383 e. The molecule has 1 N–H and O–H groups in total. The summed E-state index contributed by atoms with van der Waals surface area (Å²) in [6.07, 6.45) is 0. The third-order valence-corrected chi connectivity index (χ3v) is 4.02. The zero-order chi connectivity index (χ0) is 15.4. The van der Waals surface area contributed by atoms with E-state index in [0.717, 1.165) is 4.70 Å². The highest BCUT2D eigenvalue weighted by Gasteiger charge is 2.15. The average Bonchev–Trinajstić information content (AvgIpc) is 2.84. The van der Waals surface area contributed by atoms with Crippen LogP contribution in [0.5, 0.6) is 0 Å². The predicted molar refractivity (Wildman–Crippen MR) is 82.3 cm³/mol. The molecule has 7 heteroatoms. The Kier molecular flexibility index (Phi) is 5.08. The maximum atomic E-state index is 13.6. The van der Waals surface area contributed by atoms with Crippen molar-refractivity contribution in [2.45, 2.75) is 13.0 Å². The lowest BCUT2D eigenvalue weighted by atomic mass is 10.3. The first-order valence-corrected chi connectivity index (χ1v) is 7.37. The van der Waals surface area contributed by atoms with Crippen molar-refractivity contribution in [3.63, 3.8) is 0 Å². The van der Waals surface area contributed by atoms with Gasteiger partial charge in [-0.2, -0.15) is 0 Å². The molecule has 21 heavy (non-hydrogen) atoms. The van der Waals surface area contributed by atoms with Crippen molar-refractivity contribution in [1.29, 1.82) is 0 Å². The number of rotatable bonds is 6. The number of benzene rings is 1. The summed E-state index contributed by atoms with van der Waals surface area (Å²) in [5, 5.41) is 3.44. The first-order valence-electron chi connectivity index (χ1n) is 6.55. The monoisotopic (exact) mass is 311 g/mol. The van der Waals surface area contributed by atoms with Crippen molar-refractivity contribution in [3.8, 4) is 0 Å². The number of carbonyl (C=O) groups excluding carboxylic acids is 1. The van der Waals surface area contributed by atoms with Crippen molar-refractivity contribution in [2.75, 3.05) is 32.2 Å². The van der Waals surface area contributed by atoms with E-state index in [-0.39, 0.29) is 24.3 Å². The number of amides is 1. The van der Waals surface area contributed by atoms with Gasteiger partial charge >= 0.3 is 0 Å². The van der Waals surface area contributed by atoms with Crippen LogP contribution in [0.4, 0.5) is 9.52 Å². The number of aromatic nitrogens is 1. The van der Waals surface area contributed by atoms with E-state index in [4.69, 9.17) is 4.74 Å². The minimum absolute atomic E-state index is 0.0521. The van der Waals surface area contributed by atoms with Crippen LogP contribution < -0.4 is 10.2 Å². The molecule has 0 aliphatic heterocycles. The van der Waals surface area contributed by atoms with Gasteiger partial charge in [-0.1, -0.05) is 17.4 Å². The van der Waals surface area contributed by atoms with Crippen LogP contribution in [0.25, 0.3) is 10.2 Å². The Hall–Kier alpha value is -1.73. The number of fused-ring (bicyclic) bond motifs is 1. The normalized spacial score (nSPS) is 12.4. The molecule has 0 unspecified atom stereocenters. The fraction of sp³-hybridized carbons (Fsp3) is 0.429. The third kappa shape index (κ3) is 3.89. The molecular formula is C14H18FN3O2S. The van der Waals surface area contributed by atoms with Gasteiger partial charge in [0.15, 0.2) is 5.13 Å². The SMILES string of the molecule is COC[C@H](C)NC(=O)CN(C)c1nc2c(F)cccc2s1. The highest BCUT2D eigenvalue weighted by molar-refractivity contribution is 7.22. The number of thiazole rings is 1. The molecule has 0 bridgehead atoms. The van der Waals surface area contributed by atoms with Crippen LogP contribution >= 0.6 is 11.3 Å². The van der Waals surface area contributed by atoms with Crippen LogP contribution in [0.15, 0.2) is 18.2 Å². The van der Waals surface area contributed by atoms with Crippen LogP contribution in [0.1, 0.15) is 6.92 Å². The fourth-order valence-corrected chi connectivity index (χ4v) is 2.90. The molecule has 1 atom stereocenters. The summed E-state index contributed by atoms with van der Waals surface area (Å²) >= 11 is 1.36. The van der Waals surface area contributed by atoms with E-state index in [1.54, 1.807) is 25.1 Å². The second-order valence-electron chi connectivity index (χ2n) is 4.86. The summed E-state index contributed by atoms with van der Waals surface area (Å²) in [5.74, 6) is -0.469. The third-order valence-electron chi connectivity index (χ3n) is 2.89. The van der Waals surface area contributed by atoms with Gasteiger partial charge in [-0.05, 0) is 19.1 Å². The molecule has 0 radical (unpaired) electrons. The van der Waals surface area contributed by atoms with E-state index in [2.05, 4.69) is 10.3 Å². The van der Waals surface area contributed by atoms with Gasteiger partial charge in [-0.25, -0.2) is 9.37 Å². The van der Waals surface area contributed by atoms with Crippen molar-refractivity contribution in [3.05, 3.63) is 24.0 Å². The Morgan fingerprint density at radius 3 is 3.00 bits per heavy atom. The maximum absolute atomic E-state index is 13.6. The Labute approximate surface area is 126 Å². The van der Waals surface area contributed by atoms with E-state index < -0.39 is 0 Å². The number of hydrogen-bond acceptors (Lipinski definition) is 5. The number of nitrogens with one attached hydrogen (secondary N) is 1. The average molecular weight is 311 g/mol. The molecule has 2 rings (SSSR count). The first kappa shape index (κ1) is 15.7. The summed E-state index contributed by atoms with van der Waals surface area (Å²) in [7, 11) is 3.35. The topological polar surface area (TPSA) is 54.5 Å². The van der Waals surface area contributed by atoms with Crippen molar-refractivity contribution in [1.82, 2.24) is 10.3 Å². The van der Waals surface area contributed by atoms with Crippen LogP contribution in [0.3, 0.4) is 0 Å². The minimum atomic E-state index is -0.346. The number of methoxy groups -OCH3 is 1. The van der Waals surface area contributed by atoms with E-state index >= 15 is 0 Å². The number of halogens is 1. The Balaban J connectivity index is 2.03. The van der Waals surface area contributed by atoms with Gasteiger partial charge in [0.1, 0.15) is 11.3 Å². The van der Waals surface area contributed by atoms with Gasteiger partial charge in [0, 0.05) is 20.2 Å². The van der Waals surface area contributed by atoms with Gasteiger partial charge in [0.25, 0.3) is 0 Å². The summed E-state index contributed by atoms with van der Waals surface area (Å²) in [4.78, 5) is 17.8. The second-order valence-corrected chi connectivity index (χ2v) is 5.87. The smallest absolute Gasteiger partial charge is 0.239 e. The number of ether oxygens (including phenoxy) is 1. The molecule has 1 amide bonds. The summed E-state index contributed by atoms with van der Waals surface area (Å²) in [6.45, 7) is 2.49. The lowest BCUT2D eigenvalue weighted by Crippen LogP contribution is -2.41. The molecule has 1 heterocycles. The molecule has 1 aromatic carbocycles. The Morgan fingerprint density at radius 1 is 1.57 bits per heavy atom. The number of para-hydroxylation sites is 1. The molecule has 0 aliphatic carbocycles. The highest BCUT2D eigenvalue weighted by atomic mass is 32.1. The molecule has 0 spiro atoms. The quantitative estimate of drug-likeness (QED) is 0.887. The van der Waals surface area contributed by atoms with Crippen molar-refractivity contribution >= 4 is 32.6 Å². The molecule has 114 valence electrons. The molecule has 1 aromatic heterocycles. The van der Waals surface area contributed by atoms with E-state index in [1.807, 2.05) is 13.0 Å². The van der Waals surface area contributed by atoms with Crippen LogP contribution in [-0.4, -0.2) is 44.2 Å². The number of nitrogens with zero attached hydrogens (tertiary/aromatic N) is 2. The van der Waals surface area contributed by atoms with E-state index in [0.29, 0.717) is 17.3 Å². The van der Waals surface area contributed by atoms with Crippen molar-refractivity contribution in [2.24, 2.45) is 0 Å². The van der Waals surface area contributed by atoms with Gasteiger partial charge in [-0.3, -0.25) is 4.79 Å². The van der Waals surface area contributed by atoms with Crippen LogP contribution in [-0.2, 0) is 9.53 Å². The molecule has 2 aromatic rings. The number of hydrogen-bond donors (Lipinski definition) is 1. The van der Waals surface area contributed by atoms with E-state index in [9.17, 15) is 9.18 Å². The van der Waals surface area contributed by atoms with Crippen LogP contribution in [0, 0.1) is 5.82 Å². The Bertz CT molecular complexity index is 632.